The van der Waals surface area contributed by atoms with Gasteiger partial charge in [-0.1, -0.05) is 48.1 Å². The summed E-state index contributed by atoms with van der Waals surface area (Å²) in [6.45, 7) is 6.95. The van der Waals surface area contributed by atoms with Gasteiger partial charge < -0.3 is 4.90 Å². The fourth-order valence-electron chi connectivity index (χ4n) is 3.63. The Bertz CT molecular complexity index is 793. The van der Waals surface area contributed by atoms with Gasteiger partial charge in [-0.15, -0.1) is 0 Å². The molecule has 1 aliphatic carbocycles. The largest absolute Gasteiger partial charge is 0.332 e. The van der Waals surface area contributed by atoms with Crippen LogP contribution in [0.4, 0.5) is 0 Å². The van der Waals surface area contributed by atoms with Crippen LogP contribution in [0.25, 0.3) is 0 Å². The first kappa shape index (κ1) is 15.3. The fourth-order valence-corrected chi connectivity index (χ4v) is 3.63. The molecular weight excluding hydrogens is 284 g/mol. The van der Waals surface area contributed by atoms with Crippen molar-refractivity contribution < 1.29 is 4.79 Å². The highest BCUT2D eigenvalue weighted by Gasteiger charge is 2.53. The van der Waals surface area contributed by atoms with Gasteiger partial charge in [-0.25, -0.2) is 0 Å². The van der Waals surface area contributed by atoms with Crippen LogP contribution in [0, 0.1) is 16.7 Å². The van der Waals surface area contributed by atoms with Gasteiger partial charge in [0, 0.05) is 13.1 Å². The maximum absolute atomic E-state index is 13.1. The van der Waals surface area contributed by atoms with Crippen LogP contribution in [-0.4, -0.2) is 17.4 Å². The van der Waals surface area contributed by atoms with E-state index < -0.39 is 5.41 Å². The molecule has 1 unspecified atom stereocenters. The molecule has 1 aromatic carbocycles. The smallest absolute Gasteiger partial charge is 0.252 e. The third-order valence-corrected chi connectivity index (χ3v) is 4.75. The Hall–Kier alpha value is -2.60. The second-order valence-corrected chi connectivity index (χ2v) is 6.39. The monoisotopic (exact) mass is 304 g/mol. The number of fused-ring (bicyclic) bond motifs is 1. The molecule has 1 aromatic rings. The number of amides is 1. The lowest BCUT2D eigenvalue weighted by atomic mass is 9.76. The van der Waals surface area contributed by atoms with E-state index in [9.17, 15) is 10.1 Å². The van der Waals surface area contributed by atoms with Crippen molar-refractivity contribution in [3.63, 3.8) is 0 Å². The highest BCUT2D eigenvalue weighted by Crippen LogP contribution is 2.46. The summed E-state index contributed by atoms with van der Waals surface area (Å²) < 4.78 is 0. The Kier molecular flexibility index (Phi) is 3.69. The minimum absolute atomic E-state index is 0.102. The number of carbonyl (C=O) groups excluding carboxylic acids is 1. The van der Waals surface area contributed by atoms with E-state index in [0.717, 1.165) is 27.9 Å². The SMILES string of the molecule is CC1=CC(C)=C2CN(Cc3ccccc3)C(=O)C2(C#N)C(C)=C1. The van der Waals surface area contributed by atoms with E-state index in [2.05, 4.69) is 12.1 Å². The number of benzene rings is 1. The zero-order chi connectivity index (χ0) is 16.6. The molecule has 1 fully saturated rings. The van der Waals surface area contributed by atoms with E-state index in [1.54, 1.807) is 4.90 Å². The molecule has 1 atom stereocenters. The van der Waals surface area contributed by atoms with Crippen LogP contribution in [0.2, 0.25) is 0 Å². The van der Waals surface area contributed by atoms with E-state index in [-0.39, 0.29) is 5.91 Å². The van der Waals surface area contributed by atoms with Crippen molar-refractivity contribution >= 4 is 5.91 Å². The van der Waals surface area contributed by atoms with Gasteiger partial charge in [0.05, 0.1) is 6.07 Å². The first-order valence-corrected chi connectivity index (χ1v) is 7.81. The van der Waals surface area contributed by atoms with E-state index in [4.69, 9.17) is 0 Å². The van der Waals surface area contributed by atoms with Crippen molar-refractivity contribution in [1.82, 2.24) is 4.90 Å². The van der Waals surface area contributed by atoms with Gasteiger partial charge in [0.1, 0.15) is 0 Å². The highest BCUT2D eigenvalue weighted by molar-refractivity contribution is 5.96. The minimum atomic E-state index is -1.13. The Balaban J connectivity index is 2.06. The molecule has 0 bridgehead atoms. The molecule has 3 heteroatoms. The normalized spacial score (nSPS) is 23.9. The Labute approximate surface area is 137 Å². The second kappa shape index (κ2) is 5.55. The van der Waals surface area contributed by atoms with Crippen LogP contribution in [0.3, 0.4) is 0 Å². The predicted octanol–water partition coefficient (Wildman–Crippen LogP) is 3.76. The molecule has 2 aliphatic rings. The van der Waals surface area contributed by atoms with E-state index >= 15 is 0 Å². The Morgan fingerprint density at radius 2 is 1.87 bits per heavy atom. The molecule has 23 heavy (non-hydrogen) atoms. The topological polar surface area (TPSA) is 44.1 Å². The summed E-state index contributed by atoms with van der Waals surface area (Å²) in [6, 6.07) is 12.2. The molecule has 3 nitrogen and oxygen atoms in total. The van der Waals surface area contributed by atoms with Gasteiger partial charge >= 0.3 is 0 Å². The summed E-state index contributed by atoms with van der Waals surface area (Å²) in [6.07, 6.45) is 4.03. The molecule has 0 radical (unpaired) electrons. The maximum atomic E-state index is 13.1. The predicted molar refractivity (Wildman–Crippen MR) is 90.1 cm³/mol. The van der Waals surface area contributed by atoms with Gasteiger partial charge in [-0.05, 0) is 43.1 Å². The lowest BCUT2D eigenvalue weighted by Crippen LogP contribution is -2.34. The van der Waals surface area contributed by atoms with E-state index in [0.29, 0.717) is 13.1 Å². The number of hydrogen-bond donors (Lipinski definition) is 0. The summed E-state index contributed by atoms with van der Waals surface area (Å²) in [7, 11) is 0. The van der Waals surface area contributed by atoms with Crippen molar-refractivity contribution in [1.29, 1.82) is 5.26 Å². The molecule has 116 valence electrons. The molecule has 1 heterocycles. The average molecular weight is 304 g/mol. The van der Waals surface area contributed by atoms with Gasteiger partial charge in [-0.3, -0.25) is 4.79 Å². The number of rotatable bonds is 2. The molecule has 0 spiro atoms. The van der Waals surface area contributed by atoms with Gasteiger partial charge in [0.15, 0.2) is 5.41 Å². The number of carbonyl (C=O) groups is 1. The fraction of sp³-hybridized carbons (Fsp3) is 0.300. The van der Waals surface area contributed by atoms with Gasteiger partial charge in [0.2, 0.25) is 0 Å². The summed E-state index contributed by atoms with van der Waals surface area (Å²) in [5, 5.41) is 9.91. The third-order valence-electron chi connectivity index (χ3n) is 4.75. The van der Waals surface area contributed by atoms with Crippen molar-refractivity contribution in [3.05, 3.63) is 70.3 Å². The summed E-state index contributed by atoms with van der Waals surface area (Å²) >= 11 is 0. The maximum Gasteiger partial charge on any atom is 0.252 e. The Morgan fingerprint density at radius 3 is 2.52 bits per heavy atom. The summed E-state index contributed by atoms with van der Waals surface area (Å²) in [5.41, 5.74) is 3.80. The van der Waals surface area contributed by atoms with E-state index in [1.807, 2.05) is 57.2 Å². The molecule has 1 amide bonds. The summed E-state index contributed by atoms with van der Waals surface area (Å²) in [5.74, 6) is -0.102. The third kappa shape index (κ3) is 2.31. The number of allylic oxidation sites excluding steroid dienone is 4. The first-order chi connectivity index (χ1) is 11.0. The lowest BCUT2D eigenvalue weighted by Gasteiger charge is -2.22. The molecule has 1 saturated heterocycles. The molecule has 1 aliphatic heterocycles. The number of hydrogen-bond acceptors (Lipinski definition) is 2. The van der Waals surface area contributed by atoms with Crippen molar-refractivity contribution in [3.8, 4) is 6.07 Å². The molecule has 0 N–H and O–H groups in total. The molecule has 0 aromatic heterocycles. The van der Waals surface area contributed by atoms with Crippen molar-refractivity contribution in [2.75, 3.05) is 6.54 Å². The van der Waals surface area contributed by atoms with Crippen LogP contribution >= 0.6 is 0 Å². The standard InChI is InChI=1S/C20H20N2O/c1-14-9-15(2)18-12-22(11-17-7-5-4-6-8-17)19(23)20(18,13-21)16(3)10-14/h4-10H,11-12H2,1-3H3. The second-order valence-electron chi connectivity index (χ2n) is 6.39. The van der Waals surface area contributed by atoms with Crippen LogP contribution in [0.15, 0.2) is 64.8 Å². The highest BCUT2D eigenvalue weighted by atomic mass is 16.2. The minimum Gasteiger partial charge on any atom is -0.332 e. The number of likely N-dealkylation sites (tertiary alicyclic amines) is 1. The average Bonchev–Trinajstić information content (AvgIpc) is 2.76. The van der Waals surface area contributed by atoms with Crippen LogP contribution < -0.4 is 0 Å². The quantitative estimate of drug-likeness (QED) is 0.835. The zero-order valence-corrected chi connectivity index (χ0v) is 13.8. The van der Waals surface area contributed by atoms with Gasteiger partial charge in [0.25, 0.3) is 5.91 Å². The van der Waals surface area contributed by atoms with Crippen molar-refractivity contribution in [2.24, 2.45) is 5.41 Å². The number of nitrogens with zero attached hydrogens (tertiary/aromatic N) is 2. The van der Waals surface area contributed by atoms with Crippen molar-refractivity contribution in [2.45, 2.75) is 27.3 Å². The first-order valence-electron chi connectivity index (χ1n) is 7.81. The lowest BCUT2D eigenvalue weighted by molar-refractivity contribution is -0.132. The molecule has 0 saturated carbocycles. The molecule has 3 rings (SSSR count). The van der Waals surface area contributed by atoms with E-state index in [1.165, 1.54) is 0 Å². The zero-order valence-electron chi connectivity index (χ0n) is 13.8. The Morgan fingerprint density at radius 1 is 1.17 bits per heavy atom. The molecular formula is C20H20N2O. The number of nitriles is 1. The van der Waals surface area contributed by atoms with Crippen LogP contribution in [0.5, 0.6) is 0 Å². The summed E-state index contributed by atoms with van der Waals surface area (Å²) in [4.78, 5) is 14.9. The van der Waals surface area contributed by atoms with Gasteiger partial charge in [-0.2, -0.15) is 5.26 Å². The van der Waals surface area contributed by atoms with Crippen LogP contribution in [-0.2, 0) is 11.3 Å². The van der Waals surface area contributed by atoms with Crippen LogP contribution in [0.1, 0.15) is 26.3 Å².